The van der Waals surface area contributed by atoms with Gasteiger partial charge in [-0.15, -0.1) is 0 Å². The molecule has 0 amide bonds. The Morgan fingerprint density at radius 2 is 0.885 bits per heavy atom. The summed E-state index contributed by atoms with van der Waals surface area (Å²) in [5, 5.41) is 8.75. The van der Waals surface area contributed by atoms with Gasteiger partial charge < -0.3 is 0 Å². The van der Waals surface area contributed by atoms with E-state index in [9.17, 15) is 1.37 Å². The average Bonchev–Trinajstić information content (AvgIpc) is 3.23. The summed E-state index contributed by atoms with van der Waals surface area (Å²) in [7, 11) is 0. The lowest BCUT2D eigenvalue weighted by molar-refractivity contribution is 1.08. The van der Waals surface area contributed by atoms with Crippen LogP contribution in [0.4, 0.5) is 0 Å². The third-order valence-corrected chi connectivity index (χ3v) is 9.83. The first-order valence-corrected chi connectivity index (χ1v) is 17.4. The quantitative estimate of drug-likeness (QED) is 0.172. The predicted octanol–water partition coefficient (Wildman–Crippen LogP) is 12.8. The van der Waals surface area contributed by atoms with E-state index in [1.165, 1.54) is 6.07 Å². The van der Waals surface area contributed by atoms with Crippen molar-refractivity contribution in [3.63, 3.8) is 0 Å². The molecule has 0 aliphatic rings. The maximum Gasteiger partial charge on any atom is 0.164 e. The van der Waals surface area contributed by atoms with E-state index in [4.69, 9.17) is 17.7 Å². The summed E-state index contributed by atoms with van der Waals surface area (Å²) in [6.07, 6.45) is 0. The molecule has 0 aliphatic carbocycles. The minimum Gasteiger partial charge on any atom is -0.208 e. The Balaban J connectivity index is 1.17. The molecular weight excluding hydrogens is 631 g/mol. The molecule has 0 saturated carbocycles. The van der Waals surface area contributed by atoms with Gasteiger partial charge in [0.05, 0.1) is 4.11 Å². The van der Waals surface area contributed by atoms with Crippen molar-refractivity contribution >= 4 is 43.1 Å². The fourth-order valence-corrected chi connectivity index (χ4v) is 7.25. The first-order valence-electron chi connectivity index (χ1n) is 18.9. The normalized spacial score (nSPS) is 12.3. The van der Waals surface area contributed by atoms with Gasteiger partial charge in [0.15, 0.2) is 17.5 Å². The van der Waals surface area contributed by atoms with Crippen LogP contribution in [0.2, 0.25) is 0 Å². The summed E-state index contributed by atoms with van der Waals surface area (Å²) in [5.74, 6) is 1.11. The molecule has 0 N–H and O–H groups in total. The highest BCUT2D eigenvalue weighted by atomic mass is 15.0. The van der Waals surface area contributed by atoms with E-state index in [-0.39, 0.29) is 29.5 Å². The van der Waals surface area contributed by atoms with Crippen LogP contribution in [-0.4, -0.2) is 15.0 Å². The smallest absolute Gasteiger partial charge is 0.164 e. The monoisotopic (exact) mass is 664 g/mol. The lowest BCUT2D eigenvalue weighted by Crippen LogP contribution is -2.01. The van der Waals surface area contributed by atoms with Crippen molar-refractivity contribution in [2.75, 3.05) is 0 Å². The molecule has 0 atom stereocenters. The van der Waals surface area contributed by atoms with Crippen molar-refractivity contribution in [3.05, 3.63) is 188 Å². The van der Waals surface area contributed by atoms with E-state index in [2.05, 4.69) is 84.9 Å². The SMILES string of the molecule is [2H]c1cc([2H])c(-c2nc(-c3ccc4ccccc4c3)nc(-c3cc4ccccc4c4ccccc34)n2)c([2H])c1-c1ccc(-c2cccc3ccccc23)cc1. The Morgan fingerprint density at radius 1 is 0.308 bits per heavy atom. The van der Waals surface area contributed by atoms with Gasteiger partial charge in [-0.1, -0.05) is 170 Å². The lowest BCUT2D eigenvalue weighted by Gasteiger charge is -2.13. The molecule has 0 unspecified atom stereocenters. The first kappa shape index (κ1) is 26.8. The van der Waals surface area contributed by atoms with Crippen LogP contribution in [0.1, 0.15) is 4.11 Å². The molecular formula is C49H31N3. The molecule has 0 saturated heterocycles. The number of hydrogen-bond acceptors (Lipinski definition) is 3. The van der Waals surface area contributed by atoms with Crippen molar-refractivity contribution in [1.82, 2.24) is 15.0 Å². The van der Waals surface area contributed by atoms with Gasteiger partial charge in [0.2, 0.25) is 0 Å². The maximum absolute atomic E-state index is 9.59. The van der Waals surface area contributed by atoms with Crippen LogP contribution in [0.5, 0.6) is 0 Å². The van der Waals surface area contributed by atoms with Crippen molar-refractivity contribution in [3.8, 4) is 56.4 Å². The molecule has 0 spiro atoms. The maximum atomic E-state index is 9.59. The minimum absolute atomic E-state index is 0.0103. The second-order valence-electron chi connectivity index (χ2n) is 13.0. The molecule has 10 aromatic rings. The number of aromatic nitrogens is 3. The Hall–Kier alpha value is -6.97. The number of rotatable bonds is 5. The average molecular weight is 665 g/mol. The van der Waals surface area contributed by atoms with Crippen LogP contribution >= 0.6 is 0 Å². The number of hydrogen-bond donors (Lipinski definition) is 0. The van der Waals surface area contributed by atoms with Crippen LogP contribution in [0.15, 0.2) is 188 Å². The van der Waals surface area contributed by atoms with E-state index >= 15 is 0 Å². The number of nitrogens with zero attached hydrogens (tertiary/aromatic N) is 3. The van der Waals surface area contributed by atoms with Crippen LogP contribution in [0.25, 0.3) is 99.5 Å². The van der Waals surface area contributed by atoms with Crippen LogP contribution in [0.3, 0.4) is 0 Å². The molecule has 10 rings (SSSR count). The summed E-state index contributed by atoms with van der Waals surface area (Å²) in [4.78, 5) is 15.2. The predicted molar refractivity (Wildman–Crippen MR) is 217 cm³/mol. The van der Waals surface area contributed by atoms with Crippen LogP contribution in [0, 0.1) is 0 Å². The molecule has 0 bridgehead atoms. The summed E-state index contributed by atoms with van der Waals surface area (Å²) in [6.45, 7) is 0. The van der Waals surface area contributed by atoms with Crippen LogP contribution < -0.4 is 0 Å². The zero-order valence-electron chi connectivity index (χ0n) is 31.0. The fraction of sp³-hybridized carbons (Fsp3) is 0. The van der Waals surface area contributed by atoms with Crippen molar-refractivity contribution < 1.29 is 4.11 Å². The zero-order valence-corrected chi connectivity index (χ0v) is 28.0. The van der Waals surface area contributed by atoms with Gasteiger partial charge in [0.25, 0.3) is 0 Å². The second kappa shape index (κ2) is 12.4. The van der Waals surface area contributed by atoms with Crippen molar-refractivity contribution in [2.24, 2.45) is 0 Å². The van der Waals surface area contributed by atoms with Crippen LogP contribution in [-0.2, 0) is 0 Å². The van der Waals surface area contributed by atoms with E-state index in [1.807, 2.05) is 78.9 Å². The molecule has 9 aromatic carbocycles. The Bertz CT molecular complexity index is 3130. The highest BCUT2D eigenvalue weighted by Gasteiger charge is 2.17. The topological polar surface area (TPSA) is 38.7 Å². The highest BCUT2D eigenvalue weighted by molar-refractivity contribution is 6.13. The number of benzene rings is 9. The van der Waals surface area contributed by atoms with Gasteiger partial charge in [0, 0.05) is 16.7 Å². The van der Waals surface area contributed by atoms with E-state index in [1.54, 1.807) is 0 Å². The summed E-state index contributed by atoms with van der Waals surface area (Å²) in [5.41, 5.74) is 5.17. The van der Waals surface area contributed by atoms with Gasteiger partial charge >= 0.3 is 0 Å². The van der Waals surface area contributed by atoms with Crippen molar-refractivity contribution in [1.29, 1.82) is 0 Å². The third-order valence-electron chi connectivity index (χ3n) is 9.83. The summed E-state index contributed by atoms with van der Waals surface area (Å²) >= 11 is 0. The van der Waals surface area contributed by atoms with E-state index in [0.717, 1.165) is 65.3 Å². The molecule has 3 nitrogen and oxygen atoms in total. The third kappa shape index (κ3) is 5.28. The molecule has 52 heavy (non-hydrogen) atoms. The molecule has 0 radical (unpaired) electrons. The van der Waals surface area contributed by atoms with Crippen molar-refractivity contribution in [2.45, 2.75) is 0 Å². The second-order valence-corrected chi connectivity index (χ2v) is 13.0. The highest BCUT2D eigenvalue weighted by Crippen LogP contribution is 2.36. The molecule has 0 fully saturated rings. The fourth-order valence-electron chi connectivity index (χ4n) is 7.25. The van der Waals surface area contributed by atoms with Gasteiger partial charge in [-0.05, 0) is 83.5 Å². The van der Waals surface area contributed by atoms with E-state index in [0.29, 0.717) is 22.8 Å². The van der Waals surface area contributed by atoms with E-state index < -0.39 is 0 Å². The summed E-state index contributed by atoms with van der Waals surface area (Å²) < 4.78 is 27.7. The lowest BCUT2D eigenvalue weighted by atomic mass is 9.95. The number of fused-ring (bicyclic) bond motifs is 5. The molecule has 3 heteroatoms. The van der Waals surface area contributed by atoms with Gasteiger partial charge in [0.1, 0.15) is 0 Å². The molecule has 1 heterocycles. The molecule has 0 aliphatic heterocycles. The standard InChI is InChI=1S/C49H31N3/c1-2-13-36-30-40(28-25-32(36)11-1)48-50-47(51-49(52-48)46-31-38-14-4-6-19-43(38)44-20-7-8-21-45(44)46)39-17-9-16-37(29-39)33-23-26-35(27-24-33)42-22-10-15-34-12-3-5-18-41(34)42/h1-31H/i16D,17D,29D. The Kier molecular flexibility index (Phi) is 6.41. The molecule has 1 aromatic heterocycles. The van der Waals surface area contributed by atoms with Gasteiger partial charge in [-0.2, -0.15) is 0 Å². The Morgan fingerprint density at radius 3 is 1.71 bits per heavy atom. The molecule has 242 valence electrons. The summed E-state index contributed by atoms with van der Waals surface area (Å²) in [6, 6.07) is 57.1. The first-order chi connectivity index (χ1) is 27.0. The Labute approximate surface area is 305 Å². The zero-order chi connectivity index (χ0) is 37.0. The minimum atomic E-state index is 0.0103. The largest absolute Gasteiger partial charge is 0.208 e. The van der Waals surface area contributed by atoms with Gasteiger partial charge in [-0.25, -0.2) is 15.0 Å². The van der Waals surface area contributed by atoms with Gasteiger partial charge in [-0.3, -0.25) is 0 Å².